The molecule has 1 unspecified atom stereocenters. The van der Waals surface area contributed by atoms with E-state index in [4.69, 9.17) is 9.72 Å². The summed E-state index contributed by atoms with van der Waals surface area (Å²) in [4.78, 5) is 58.0. The van der Waals surface area contributed by atoms with E-state index in [9.17, 15) is 14.4 Å². The predicted molar refractivity (Wildman–Crippen MR) is 211 cm³/mol. The highest BCUT2D eigenvalue weighted by Gasteiger charge is 2.34. The van der Waals surface area contributed by atoms with Crippen molar-refractivity contribution in [2.45, 2.75) is 31.7 Å². The van der Waals surface area contributed by atoms with E-state index in [2.05, 4.69) is 71.8 Å². The molecule has 55 heavy (non-hydrogen) atoms. The third-order valence-electron chi connectivity index (χ3n) is 11.4. The van der Waals surface area contributed by atoms with Crippen molar-refractivity contribution in [2.24, 2.45) is 0 Å². The number of pyridine rings is 1. The maximum Gasteiger partial charge on any atom is 0.237 e. The summed E-state index contributed by atoms with van der Waals surface area (Å²) < 4.78 is 5.70. The highest BCUT2D eigenvalue weighted by molar-refractivity contribution is 6.01. The number of carbonyl (C=O) groups is 3. The van der Waals surface area contributed by atoms with Crippen molar-refractivity contribution in [1.29, 1.82) is 0 Å². The summed E-state index contributed by atoms with van der Waals surface area (Å²) in [6.45, 7) is 9.35. The molecule has 5 aromatic rings. The molecule has 0 radical (unpaired) electrons. The van der Waals surface area contributed by atoms with Gasteiger partial charge in [-0.1, -0.05) is 24.3 Å². The van der Waals surface area contributed by atoms with Crippen LogP contribution in [0.2, 0.25) is 0 Å². The van der Waals surface area contributed by atoms with Crippen LogP contribution in [0.25, 0.3) is 22.0 Å². The monoisotopic (exact) mass is 737 g/mol. The van der Waals surface area contributed by atoms with Crippen molar-refractivity contribution in [1.82, 2.24) is 30.1 Å². The van der Waals surface area contributed by atoms with E-state index in [0.717, 1.165) is 96.0 Å². The van der Waals surface area contributed by atoms with E-state index in [-0.39, 0.29) is 23.5 Å². The smallest absolute Gasteiger partial charge is 0.237 e. The van der Waals surface area contributed by atoms with E-state index in [1.54, 1.807) is 0 Å². The van der Waals surface area contributed by atoms with Crippen LogP contribution in [-0.4, -0.2) is 107 Å². The number of nitrogens with zero attached hydrogens (tertiary/aromatic N) is 6. The Hall–Kier alpha value is -5.92. The van der Waals surface area contributed by atoms with E-state index < -0.39 is 0 Å². The molecule has 2 aromatic heterocycles. The van der Waals surface area contributed by atoms with Crippen LogP contribution >= 0.6 is 0 Å². The number of ketones is 1. The van der Waals surface area contributed by atoms with Crippen molar-refractivity contribution >= 4 is 51.5 Å². The molecule has 1 atom stereocenters. The van der Waals surface area contributed by atoms with Gasteiger partial charge in [-0.2, -0.15) is 0 Å². The van der Waals surface area contributed by atoms with Gasteiger partial charge in [0.2, 0.25) is 23.6 Å². The second-order valence-electron chi connectivity index (χ2n) is 14.8. The first-order valence-corrected chi connectivity index (χ1v) is 19.0. The minimum atomic E-state index is -0.258. The summed E-state index contributed by atoms with van der Waals surface area (Å²) in [6.07, 6.45) is 4.61. The number of aromatic nitrogens is 3. The Balaban J connectivity index is 0.751. The summed E-state index contributed by atoms with van der Waals surface area (Å²) in [6, 6.07) is 22.4. The zero-order chi connectivity index (χ0) is 37.5. The van der Waals surface area contributed by atoms with Gasteiger partial charge in [0.25, 0.3) is 0 Å². The Morgan fingerprint density at radius 2 is 1.75 bits per heavy atom. The number of hydrogen-bond acceptors (Lipinski definition) is 12. The molecule has 4 aliphatic heterocycles. The number of piperidine rings is 1. The van der Waals surface area contributed by atoms with Crippen LogP contribution in [0.5, 0.6) is 5.88 Å². The summed E-state index contributed by atoms with van der Waals surface area (Å²) in [5.74, 6) is 0.581. The number of Topliss-reactive ketones (excluding diaryl/α,β-unsaturated/α-hetero) is 1. The Labute approximate surface area is 319 Å². The molecule has 13 heteroatoms. The zero-order valence-electron chi connectivity index (χ0n) is 30.8. The van der Waals surface area contributed by atoms with Crippen LogP contribution in [0.1, 0.15) is 40.2 Å². The number of carbonyl (C=O) groups excluding carboxylic acids is 3. The number of nitrogens with one attached hydrogen (secondary N) is 3. The molecule has 0 aliphatic carbocycles. The van der Waals surface area contributed by atoms with Gasteiger partial charge in [-0.25, -0.2) is 15.0 Å². The van der Waals surface area contributed by atoms with Crippen molar-refractivity contribution in [3.63, 3.8) is 0 Å². The average Bonchev–Trinajstić information content (AvgIpc) is 3.19. The fraction of sp³-hybridized carbons (Fsp3) is 0.333. The first kappa shape index (κ1) is 34.8. The topological polar surface area (TPSA) is 145 Å². The fourth-order valence-corrected chi connectivity index (χ4v) is 8.04. The SMILES string of the molecule is Cc1c(-c2ccc3cnc(Nc4ccc(C(=O)CN5CCN(C6CN(c7ccc(C8CCC(=O)NC8=O)cc7)C6)CC5)cc4)nc3c2)cnc2c1NCCO2. The number of benzene rings is 3. The first-order chi connectivity index (χ1) is 26.8. The van der Waals surface area contributed by atoms with Gasteiger partial charge in [-0.05, 0) is 72.5 Å². The zero-order valence-corrected chi connectivity index (χ0v) is 30.8. The fourth-order valence-electron chi connectivity index (χ4n) is 8.04. The highest BCUT2D eigenvalue weighted by Crippen LogP contribution is 2.36. The molecule has 9 rings (SSSR count). The largest absolute Gasteiger partial charge is 0.474 e. The van der Waals surface area contributed by atoms with Gasteiger partial charge in [-0.3, -0.25) is 29.5 Å². The van der Waals surface area contributed by atoms with Gasteiger partial charge in [-0.15, -0.1) is 0 Å². The summed E-state index contributed by atoms with van der Waals surface area (Å²) in [5.41, 5.74) is 8.48. The van der Waals surface area contributed by atoms with Crippen LogP contribution in [0.4, 0.5) is 23.0 Å². The summed E-state index contributed by atoms with van der Waals surface area (Å²) in [5, 5.41) is 10.1. The van der Waals surface area contributed by atoms with Gasteiger partial charge in [0.15, 0.2) is 5.78 Å². The van der Waals surface area contributed by atoms with E-state index >= 15 is 0 Å². The number of piperazine rings is 1. The molecule has 3 fully saturated rings. The molecule has 4 aliphatic rings. The number of imide groups is 1. The van der Waals surface area contributed by atoms with E-state index in [0.29, 0.717) is 49.4 Å². The molecule has 3 saturated heterocycles. The lowest BCUT2D eigenvalue weighted by Crippen LogP contribution is -2.63. The Morgan fingerprint density at radius 3 is 2.53 bits per heavy atom. The molecule has 0 bridgehead atoms. The molecule has 3 aromatic carbocycles. The number of hydrogen-bond donors (Lipinski definition) is 3. The van der Waals surface area contributed by atoms with Gasteiger partial charge in [0, 0.05) is 98.6 Å². The normalized spacial score (nSPS) is 19.2. The summed E-state index contributed by atoms with van der Waals surface area (Å²) in [7, 11) is 0. The molecular formula is C42H43N9O4. The molecule has 2 amide bonds. The van der Waals surface area contributed by atoms with Crippen molar-refractivity contribution in [2.75, 3.05) is 74.5 Å². The number of rotatable bonds is 9. The molecule has 0 saturated carbocycles. The maximum absolute atomic E-state index is 13.3. The van der Waals surface area contributed by atoms with Crippen LogP contribution in [-0.2, 0) is 9.59 Å². The first-order valence-electron chi connectivity index (χ1n) is 19.0. The van der Waals surface area contributed by atoms with Crippen LogP contribution in [0.15, 0.2) is 79.1 Å². The number of ether oxygens (including phenoxy) is 1. The highest BCUT2D eigenvalue weighted by atomic mass is 16.5. The third kappa shape index (κ3) is 7.20. The van der Waals surface area contributed by atoms with E-state index in [1.807, 2.05) is 54.9 Å². The van der Waals surface area contributed by atoms with Crippen molar-refractivity contribution < 1.29 is 19.1 Å². The average molecular weight is 738 g/mol. The molecule has 0 spiro atoms. The lowest BCUT2D eigenvalue weighted by molar-refractivity contribution is -0.134. The molecule has 13 nitrogen and oxygen atoms in total. The standard InChI is InChI=1S/C42H43N9O4/c1-26-35(22-44-41-39(26)43-14-19-55-41)29-2-3-30-21-45-42(47-36(30)20-29)46-31-8-4-28(5-9-31)37(52)25-49-15-17-50(18-16-49)33-23-51(24-33)32-10-6-27(7-11-32)34-12-13-38(53)48-40(34)54/h2-11,20-22,33-34,43H,12-19,23-25H2,1H3,(H,45,46,47)(H,48,53,54). The van der Waals surface area contributed by atoms with Crippen molar-refractivity contribution in [3.8, 4) is 17.0 Å². The molecular weight excluding hydrogens is 695 g/mol. The molecule has 280 valence electrons. The minimum absolute atomic E-state index is 0.110. The maximum atomic E-state index is 13.3. The Morgan fingerprint density at radius 1 is 0.945 bits per heavy atom. The predicted octanol–water partition coefficient (Wildman–Crippen LogP) is 4.76. The number of fused-ring (bicyclic) bond motifs is 2. The third-order valence-corrected chi connectivity index (χ3v) is 11.4. The Bertz CT molecular complexity index is 2270. The second-order valence-corrected chi connectivity index (χ2v) is 14.8. The van der Waals surface area contributed by atoms with Gasteiger partial charge >= 0.3 is 0 Å². The van der Waals surface area contributed by atoms with Gasteiger partial charge < -0.3 is 20.3 Å². The quantitative estimate of drug-likeness (QED) is 0.142. The van der Waals surface area contributed by atoms with Crippen molar-refractivity contribution in [3.05, 3.63) is 95.8 Å². The lowest BCUT2D eigenvalue weighted by atomic mass is 9.90. The number of anilines is 4. The Kier molecular flexibility index (Phi) is 9.32. The van der Waals surface area contributed by atoms with Crippen LogP contribution < -0.4 is 25.6 Å². The van der Waals surface area contributed by atoms with E-state index in [1.165, 1.54) is 0 Å². The van der Waals surface area contributed by atoms with Crippen LogP contribution in [0, 0.1) is 6.92 Å². The van der Waals surface area contributed by atoms with Gasteiger partial charge in [0.05, 0.1) is 18.0 Å². The molecule has 3 N–H and O–H groups in total. The van der Waals surface area contributed by atoms with Gasteiger partial charge in [0.1, 0.15) is 12.3 Å². The lowest BCUT2D eigenvalue weighted by Gasteiger charge is -2.49. The second kappa shape index (κ2) is 14.7. The molecule has 6 heterocycles. The minimum Gasteiger partial charge on any atom is -0.474 e. The number of amides is 2. The summed E-state index contributed by atoms with van der Waals surface area (Å²) >= 11 is 0. The van der Waals surface area contributed by atoms with Crippen LogP contribution in [0.3, 0.4) is 0 Å².